The van der Waals surface area contributed by atoms with Gasteiger partial charge in [-0.2, -0.15) is 0 Å². The van der Waals surface area contributed by atoms with Crippen LogP contribution >= 0.6 is 11.6 Å². The molecule has 4 aromatic rings. The molecule has 5 rings (SSSR count). The van der Waals surface area contributed by atoms with E-state index in [0.717, 1.165) is 16.6 Å². The van der Waals surface area contributed by atoms with E-state index in [-0.39, 0.29) is 18.0 Å². The van der Waals surface area contributed by atoms with E-state index < -0.39 is 0 Å². The lowest BCUT2D eigenvalue weighted by Gasteiger charge is -2.37. The molecule has 2 aromatic carbocycles. The molecule has 0 unspecified atom stereocenters. The van der Waals surface area contributed by atoms with Crippen LogP contribution in [0.5, 0.6) is 11.5 Å². The summed E-state index contributed by atoms with van der Waals surface area (Å²) in [6, 6.07) is 9.39. The smallest absolute Gasteiger partial charge is 0.278 e. The van der Waals surface area contributed by atoms with Gasteiger partial charge in [0, 0.05) is 48.3 Å². The Morgan fingerprint density at radius 3 is 2.51 bits per heavy atom. The van der Waals surface area contributed by atoms with Gasteiger partial charge in [-0.05, 0) is 30.7 Å². The zero-order valence-corrected chi connectivity index (χ0v) is 20.6. The van der Waals surface area contributed by atoms with E-state index in [4.69, 9.17) is 21.1 Å². The largest absolute Gasteiger partial charge is 0.493 e. The molecule has 10 heteroatoms. The minimum Gasteiger partial charge on any atom is -0.493 e. The Balaban J connectivity index is 1.34. The van der Waals surface area contributed by atoms with Crippen molar-refractivity contribution < 1.29 is 14.3 Å². The second-order valence-electron chi connectivity index (χ2n) is 8.58. The maximum Gasteiger partial charge on any atom is 0.278 e. The first-order valence-corrected chi connectivity index (χ1v) is 11.7. The number of carbonyl (C=O) groups excluding carboxylic acids is 1. The first-order valence-electron chi connectivity index (χ1n) is 11.3. The van der Waals surface area contributed by atoms with Crippen LogP contribution in [0.15, 0.2) is 41.5 Å². The number of aromatic nitrogens is 3. The van der Waals surface area contributed by atoms with E-state index in [9.17, 15) is 9.59 Å². The Morgan fingerprint density at radius 1 is 1.09 bits per heavy atom. The lowest BCUT2D eigenvalue weighted by atomic mass is 10.1. The minimum absolute atomic E-state index is 0.0695. The van der Waals surface area contributed by atoms with Crippen molar-refractivity contribution >= 4 is 45.1 Å². The summed E-state index contributed by atoms with van der Waals surface area (Å²) in [5, 5.41) is 1.45. The molecular formula is C25H26ClN5O4. The number of H-pyrrole nitrogens is 1. The van der Waals surface area contributed by atoms with Crippen molar-refractivity contribution in [3.63, 3.8) is 0 Å². The number of nitrogens with one attached hydrogen (secondary N) is 1. The zero-order chi connectivity index (χ0) is 24.7. The molecule has 0 aliphatic carbocycles. The summed E-state index contributed by atoms with van der Waals surface area (Å²) in [6.45, 7) is 4.52. The fraction of sp³-hybridized carbons (Fsp3) is 0.320. The zero-order valence-electron chi connectivity index (χ0n) is 19.8. The molecule has 1 saturated heterocycles. The Bertz CT molecular complexity index is 1490. The van der Waals surface area contributed by atoms with Gasteiger partial charge in [0.2, 0.25) is 5.91 Å². The van der Waals surface area contributed by atoms with Gasteiger partial charge in [-0.1, -0.05) is 17.7 Å². The predicted molar refractivity (Wildman–Crippen MR) is 136 cm³/mol. The molecule has 0 spiro atoms. The topological polar surface area (TPSA) is 92.7 Å². The van der Waals surface area contributed by atoms with Crippen LogP contribution < -0.4 is 19.9 Å². The molecule has 0 radical (unpaired) electrons. The number of hydrogen-bond donors (Lipinski definition) is 1. The third-order valence-corrected chi connectivity index (χ3v) is 6.76. The lowest BCUT2D eigenvalue weighted by molar-refractivity contribution is -0.132. The van der Waals surface area contributed by atoms with Crippen molar-refractivity contribution in [3.8, 4) is 11.5 Å². The minimum atomic E-state index is -0.300. The summed E-state index contributed by atoms with van der Waals surface area (Å²) in [5.74, 6) is 0.985. The normalized spacial score (nSPS) is 14.1. The fourth-order valence-electron chi connectivity index (χ4n) is 4.60. The van der Waals surface area contributed by atoms with E-state index in [2.05, 4.69) is 21.8 Å². The van der Waals surface area contributed by atoms with Gasteiger partial charge in [-0.25, -0.2) is 4.98 Å². The Kier molecular flexibility index (Phi) is 6.02. The molecule has 3 heterocycles. The third-order valence-electron chi connectivity index (χ3n) is 6.53. The van der Waals surface area contributed by atoms with Crippen LogP contribution in [0.25, 0.3) is 21.9 Å². The van der Waals surface area contributed by atoms with Gasteiger partial charge >= 0.3 is 0 Å². The molecule has 1 N–H and O–H groups in total. The van der Waals surface area contributed by atoms with Crippen molar-refractivity contribution in [2.45, 2.75) is 13.5 Å². The number of carbonyl (C=O) groups is 1. The average Bonchev–Trinajstić information content (AvgIpc) is 3.24. The molecular weight excluding hydrogens is 470 g/mol. The Labute approximate surface area is 206 Å². The number of rotatable bonds is 5. The number of halogens is 1. The van der Waals surface area contributed by atoms with E-state index >= 15 is 0 Å². The number of benzene rings is 2. The summed E-state index contributed by atoms with van der Waals surface area (Å²) in [6.07, 6.45) is 1.43. The highest BCUT2D eigenvalue weighted by atomic mass is 35.5. The van der Waals surface area contributed by atoms with Gasteiger partial charge in [-0.15, -0.1) is 0 Å². The molecule has 1 aliphatic heterocycles. The number of methoxy groups -OCH3 is 2. The Morgan fingerprint density at radius 2 is 1.80 bits per heavy atom. The van der Waals surface area contributed by atoms with Gasteiger partial charge in [0.15, 0.2) is 11.5 Å². The molecule has 0 atom stereocenters. The number of piperazine rings is 1. The van der Waals surface area contributed by atoms with Gasteiger partial charge in [0.25, 0.3) is 5.56 Å². The van der Waals surface area contributed by atoms with Crippen molar-refractivity contribution in [2.24, 2.45) is 0 Å². The number of nitrogens with zero attached hydrogens (tertiary/aromatic N) is 4. The fourth-order valence-corrected chi connectivity index (χ4v) is 4.76. The molecule has 0 bridgehead atoms. The second-order valence-corrected chi connectivity index (χ2v) is 9.01. The van der Waals surface area contributed by atoms with Gasteiger partial charge < -0.3 is 24.3 Å². The average molecular weight is 496 g/mol. The van der Waals surface area contributed by atoms with Crippen LogP contribution in [0.3, 0.4) is 0 Å². The van der Waals surface area contributed by atoms with Gasteiger partial charge in [0.1, 0.15) is 17.6 Å². The van der Waals surface area contributed by atoms with Crippen molar-refractivity contribution in [1.82, 2.24) is 19.4 Å². The molecule has 0 saturated carbocycles. The lowest BCUT2D eigenvalue weighted by Crippen LogP contribution is -2.50. The number of aryl methyl sites for hydroxylation is 1. The van der Waals surface area contributed by atoms with Crippen LogP contribution in [-0.2, 0) is 11.3 Å². The van der Waals surface area contributed by atoms with Crippen LogP contribution in [0, 0.1) is 6.92 Å². The summed E-state index contributed by atoms with van der Waals surface area (Å²) < 4.78 is 12.1. The molecule has 2 aromatic heterocycles. The maximum absolute atomic E-state index is 13.2. The molecule has 1 fully saturated rings. The number of aromatic amines is 1. The quantitative estimate of drug-likeness (QED) is 0.457. The SMILES string of the molecule is COc1cc2[nH]c3c(=O)n(CC(=O)N4CCN(c5cc(Cl)ccc5C)CC4)cnc3c2cc1OC. The number of fused-ring (bicyclic) bond motifs is 3. The van der Waals surface area contributed by atoms with Crippen LogP contribution in [0.2, 0.25) is 5.02 Å². The third kappa shape index (κ3) is 4.16. The van der Waals surface area contributed by atoms with Crippen molar-refractivity contribution in [3.05, 3.63) is 57.6 Å². The monoisotopic (exact) mass is 495 g/mol. The molecule has 35 heavy (non-hydrogen) atoms. The molecule has 182 valence electrons. The predicted octanol–water partition coefficient (Wildman–Crippen LogP) is 3.21. The molecule has 9 nitrogen and oxygen atoms in total. The van der Waals surface area contributed by atoms with E-state index in [0.29, 0.717) is 59.3 Å². The highest BCUT2D eigenvalue weighted by Crippen LogP contribution is 2.34. The molecule has 1 amide bonds. The first kappa shape index (κ1) is 23.0. The standard InChI is InChI=1S/C25H26ClN5O4/c1-15-4-5-16(26)10-19(15)29-6-8-30(9-7-29)22(32)13-31-14-27-23-17-11-20(34-2)21(35-3)12-18(17)28-24(23)25(31)33/h4-5,10-12,14,28H,6-9,13H2,1-3H3. The van der Waals surface area contributed by atoms with Crippen molar-refractivity contribution in [2.75, 3.05) is 45.3 Å². The highest BCUT2D eigenvalue weighted by Gasteiger charge is 2.23. The van der Waals surface area contributed by atoms with E-state index in [1.54, 1.807) is 31.3 Å². The van der Waals surface area contributed by atoms with Crippen LogP contribution in [0.1, 0.15) is 5.56 Å². The maximum atomic E-state index is 13.2. The molecule has 1 aliphatic rings. The van der Waals surface area contributed by atoms with Crippen LogP contribution in [-0.4, -0.2) is 65.7 Å². The summed E-state index contributed by atoms with van der Waals surface area (Å²) >= 11 is 6.17. The Hall–Kier alpha value is -3.72. The van der Waals surface area contributed by atoms with Gasteiger partial charge in [0.05, 0.1) is 26.1 Å². The highest BCUT2D eigenvalue weighted by molar-refractivity contribution is 6.30. The number of ether oxygens (including phenoxy) is 2. The number of amides is 1. The summed E-state index contributed by atoms with van der Waals surface area (Å²) in [5.41, 5.74) is 3.51. The summed E-state index contributed by atoms with van der Waals surface area (Å²) in [4.78, 5) is 37.8. The van der Waals surface area contributed by atoms with E-state index in [1.807, 2.05) is 18.2 Å². The van der Waals surface area contributed by atoms with Gasteiger partial charge in [-0.3, -0.25) is 14.2 Å². The van der Waals surface area contributed by atoms with Crippen LogP contribution in [0.4, 0.5) is 5.69 Å². The van der Waals surface area contributed by atoms with E-state index in [1.165, 1.54) is 10.9 Å². The first-order chi connectivity index (χ1) is 16.9. The summed E-state index contributed by atoms with van der Waals surface area (Å²) in [7, 11) is 3.11. The van der Waals surface area contributed by atoms with Crippen molar-refractivity contribution in [1.29, 1.82) is 0 Å². The number of hydrogen-bond acceptors (Lipinski definition) is 6. The second kappa shape index (κ2) is 9.14. The number of anilines is 1.